The number of nitro benzene ring substituents is 1. The quantitative estimate of drug-likeness (QED) is 0.489. The normalized spacial score (nSPS) is 11.4. The van der Waals surface area contributed by atoms with Gasteiger partial charge in [-0.15, -0.1) is 0 Å². The molecule has 0 fully saturated rings. The van der Waals surface area contributed by atoms with Crippen LogP contribution < -0.4 is 10.1 Å². The SMILES string of the molecule is C[C@@H](Oc1ccc([N+](=O)[O-])cc1C=O)C(=O)Nc1ccc(Cl)cc1. The largest absolute Gasteiger partial charge is 0.480 e. The molecule has 0 radical (unpaired) electrons. The van der Waals surface area contributed by atoms with E-state index < -0.39 is 16.9 Å². The maximum absolute atomic E-state index is 12.1. The number of carbonyl (C=O) groups is 2. The van der Waals surface area contributed by atoms with E-state index in [9.17, 15) is 19.7 Å². The van der Waals surface area contributed by atoms with Crippen molar-refractivity contribution >= 4 is 35.2 Å². The van der Waals surface area contributed by atoms with Crippen molar-refractivity contribution in [2.24, 2.45) is 0 Å². The zero-order valence-corrected chi connectivity index (χ0v) is 13.3. The van der Waals surface area contributed by atoms with Crippen molar-refractivity contribution in [3.8, 4) is 5.75 Å². The van der Waals surface area contributed by atoms with E-state index in [0.29, 0.717) is 17.0 Å². The van der Waals surface area contributed by atoms with Gasteiger partial charge in [0.05, 0.1) is 10.5 Å². The number of carbonyl (C=O) groups excluding carboxylic acids is 2. The number of rotatable bonds is 6. The van der Waals surface area contributed by atoms with Crippen molar-refractivity contribution in [1.29, 1.82) is 0 Å². The minimum absolute atomic E-state index is 0.00431. The lowest BCUT2D eigenvalue weighted by Gasteiger charge is -2.15. The number of aldehydes is 1. The zero-order valence-electron chi connectivity index (χ0n) is 12.6. The van der Waals surface area contributed by atoms with E-state index >= 15 is 0 Å². The molecule has 7 nitrogen and oxygen atoms in total. The number of hydrogen-bond donors (Lipinski definition) is 1. The summed E-state index contributed by atoms with van der Waals surface area (Å²) in [6.07, 6.45) is -0.479. The molecule has 0 aliphatic rings. The Morgan fingerprint density at radius 3 is 2.54 bits per heavy atom. The summed E-state index contributed by atoms with van der Waals surface area (Å²) >= 11 is 5.77. The third kappa shape index (κ3) is 4.30. The highest BCUT2D eigenvalue weighted by molar-refractivity contribution is 6.30. The van der Waals surface area contributed by atoms with E-state index in [0.717, 1.165) is 6.07 Å². The molecule has 0 saturated carbocycles. The highest BCUT2D eigenvalue weighted by Gasteiger charge is 2.18. The predicted molar refractivity (Wildman–Crippen MR) is 88.7 cm³/mol. The molecule has 2 aromatic rings. The molecule has 0 heterocycles. The van der Waals surface area contributed by atoms with Crippen LogP contribution >= 0.6 is 11.6 Å². The van der Waals surface area contributed by atoms with E-state index in [1.807, 2.05) is 0 Å². The molecular formula is C16H13ClN2O5. The number of ether oxygens (including phenoxy) is 1. The number of hydrogen-bond acceptors (Lipinski definition) is 5. The van der Waals surface area contributed by atoms with E-state index in [1.165, 1.54) is 19.1 Å². The van der Waals surface area contributed by atoms with Gasteiger partial charge in [-0.3, -0.25) is 19.7 Å². The van der Waals surface area contributed by atoms with Crippen molar-refractivity contribution in [3.63, 3.8) is 0 Å². The smallest absolute Gasteiger partial charge is 0.270 e. The molecule has 0 unspecified atom stereocenters. The number of non-ortho nitro benzene ring substituents is 1. The summed E-state index contributed by atoms with van der Waals surface area (Å²) in [5.41, 5.74) is 0.303. The van der Waals surface area contributed by atoms with Crippen LogP contribution in [-0.2, 0) is 4.79 Å². The molecule has 0 aliphatic carbocycles. The molecule has 0 aliphatic heterocycles. The van der Waals surface area contributed by atoms with Crippen LogP contribution in [0.15, 0.2) is 42.5 Å². The second kappa shape index (κ2) is 7.56. The number of nitrogens with zero attached hydrogens (tertiary/aromatic N) is 1. The maximum atomic E-state index is 12.1. The van der Waals surface area contributed by atoms with Gasteiger partial charge in [-0.05, 0) is 37.3 Å². The third-order valence-electron chi connectivity index (χ3n) is 3.12. The number of nitro groups is 1. The Morgan fingerprint density at radius 1 is 1.29 bits per heavy atom. The number of amides is 1. The average molecular weight is 349 g/mol. The Balaban J connectivity index is 2.09. The van der Waals surface area contributed by atoms with E-state index in [1.54, 1.807) is 24.3 Å². The molecule has 2 rings (SSSR count). The summed E-state index contributed by atoms with van der Waals surface area (Å²) in [6.45, 7) is 1.50. The standard InChI is InChI=1S/C16H13ClN2O5/c1-10(16(21)18-13-4-2-12(17)3-5-13)24-15-7-6-14(19(22)23)8-11(15)9-20/h2-10H,1H3,(H,18,21)/t10-/m1/s1. The first kappa shape index (κ1) is 17.4. The van der Waals surface area contributed by atoms with Crippen LogP contribution in [0.25, 0.3) is 0 Å². The van der Waals surface area contributed by atoms with Crippen LogP contribution in [0.1, 0.15) is 17.3 Å². The van der Waals surface area contributed by atoms with E-state index in [2.05, 4.69) is 5.32 Å². The van der Waals surface area contributed by atoms with Gasteiger partial charge in [-0.25, -0.2) is 0 Å². The topological polar surface area (TPSA) is 98.5 Å². The molecule has 124 valence electrons. The Labute approximate surface area is 142 Å². The van der Waals surface area contributed by atoms with Gasteiger partial charge in [0.2, 0.25) is 0 Å². The summed E-state index contributed by atoms with van der Waals surface area (Å²) < 4.78 is 5.44. The van der Waals surface area contributed by atoms with Crippen LogP contribution in [-0.4, -0.2) is 23.2 Å². The first-order valence-electron chi connectivity index (χ1n) is 6.87. The Morgan fingerprint density at radius 2 is 1.96 bits per heavy atom. The van der Waals surface area contributed by atoms with Gasteiger partial charge in [0.1, 0.15) is 5.75 Å². The second-order valence-corrected chi connectivity index (χ2v) is 5.29. The van der Waals surface area contributed by atoms with Gasteiger partial charge in [0.25, 0.3) is 11.6 Å². The number of benzene rings is 2. The summed E-state index contributed by atoms with van der Waals surface area (Å²) in [6, 6.07) is 10.1. The molecule has 1 amide bonds. The van der Waals surface area contributed by atoms with Gasteiger partial charge in [0, 0.05) is 22.8 Å². The highest BCUT2D eigenvalue weighted by atomic mass is 35.5. The first-order chi connectivity index (χ1) is 11.4. The Kier molecular flexibility index (Phi) is 5.49. The molecule has 2 aromatic carbocycles. The third-order valence-corrected chi connectivity index (χ3v) is 3.37. The minimum atomic E-state index is -0.916. The molecule has 24 heavy (non-hydrogen) atoms. The zero-order chi connectivity index (χ0) is 17.7. The fourth-order valence-corrected chi connectivity index (χ4v) is 2.00. The van der Waals surface area contributed by atoms with Gasteiger partial charge >= 0.3 is 0 Å². The van der Waals surface area contributed by atoms with Crippen molar-refractivity contribution in [1.82, 2.24) is 0 Å². The van der Waals surface area contributed by atoms with Crippen LogP contribution in [0.4, 0.5) is 11.4 Å². The van der Waals surface area contributed by atoms with Crippen LogP contribution in [0, 0.1) is 10.1 Å². The highest BCUT2D eigenvalue weighted by Crippen LogP contribution is 2.24. The van der Waals surface area contributed by atoms with Crippen LogP contribution in [0.5, 0.6) is 5.75 Å². The average Bonchev–Trinajstić information content (AvgIpc) is 2.56. The van der Waals surface area contributed by atoms with Crippen molar-refractivity contribution < 1.29 is 19.2 Å². The number of halogens is 1. The minimum Gasteiger partial charge on any atom is -0.480 e. The van der Waals surface area contributed by atoms with Crippen molar-refractivity contribution in [2.75, 3.05) is 5.32 Å². The molecule has 0 bridgehead atoms. The number of nitrogens with one attached hydrogen (secondary N) is 1. The lowest BCUT2D eigenvalue weighted by molar-refractivity contribution is -0.384. The van der Waals surface area contributed by atoms with Gasteiger partial charge in [-0.2, -0.15) is 0 Å². The summed E-state index contributed by atoms with van der Waals surface area (Å²) in [5.74, 6) is -0.345. The van der Waals surface area contributed by atoms with Crippen LogP contribution in [0.3, 0.4) is 0 Å². The molecule has 0 aromatic heterocycles. The second-order valence-electron chi connectivity index (χ2n) is 4.85. The molecule has 1 atom stereocenters. The molecule has 0 saturated heterocycles. The van der Waals surface area contributed by atoms with Crippen LogP contribution in [0.2, 0.25) is 5.02 Å². The summed E-state index contributed by atoms with van der Waals surface area (Å²) in [7, 11) is 0. The monoisotopic (exact) mass is 348 g/mol. The lowest BCUT2D eigenvalue weighted by Crippen LogP contribution is -2.30. The van der Waals surface area contributed by atoms with Gasteiger partial charge < -0.3 is 10.1 Å². The Bertz CT molecular complexity index is 777. The summed E-state index contributed by atoms with van der Waals surface area (Å²) in [4.78, 5) is 33.3. The van der Waals surface area contributed by atoms with Crippen molar-refractivity contribution in [2.45, 2.75) is 13.0 Å². The number of anilines is 1. The fraction of sp³-hybridized carbons (Fsp3) is 0.125. The molecule has 8 heteroatoms. The molecule has 1 N–H and O–H groups in total. The Hall–Kier alpha value is -2.93. The predicted octanol–water partition coefficient (Wildman–Crippen LogP) is 3.47. The summed E-state index contributed by atoms with van der Waals surface area (Å²) in [5, 5.41) is 13.9. The fourth-order valence-electron chi connectivity index (χ4n) is 1.87. The maximum Gasteiger partial charge on any atom is 0.270 e. The first-order valence-corrected chi connectivity index (χ1v) is 7.25. The molecular weight excluding hydrogens is 336 g/mol. The van der Waals surface area contributed by atoms with E-state index in [4.69, 9.17) is 16.3 Å². The molecule has 0 spiro atoms. The van der Waals surface area contributed by atoms with Gasteiger partial charge in [-0.1, -0.05) is 11.6 Å². The lowest BCUT2D eigenvalue weighted by atomic mass is 10.2. The van der Waals surface area contributed by atoms with Gasteiger partial charge in [0.15, 0.2) is 12.4 Å². The van der Waals surface area contributed by atoms with Crippen molar-refractivity contribution in [3.05, 3.63) is 63.2 Å². The van der Waals surface area contributed by atoms with E-state index in [-0.39, 0.29) is 17.0 Å².